The Kier molecular flexibility index (Phi) is 13.1. The lowest BCUT2D eigenvalue weighted by Gasteiger charge is -2.38. The number of methoxy groups -OCH3 is 1. The second-order valence-electron chi connectivity index (χ2n) is 10.9. The number of halogens is 1. The van der Waals surface area contributed by atoms with Crippen LogP contribution in [-0.4, -0.2) is 57.1 Å². The molecule has 2 aliphatic heterocycles. The van der Waals surface area contributed by atoms with Gasteiger partial charge in [-0.25, -0.2) is 4.79 Å². The Morgan fingerprint density at radius 3 is 2.33 bits per heavy atom. The lowest BCUT2D eigenvalue weighted by atomic mass is 9.91. The van der Waals surface area contributed by atoms with Gasteiger partial charge in [-0.1, -0.05) is 23.8 Å². The second-order valence-corrected chi connectivity index (χ2v) is 11.3. The van der Waals surface area contributed by atoms with Gasteiger partial charge in [0.15, 0.2) is 12.6 Å². The van der Waals surface area contributed by atoms with Gasteiger partial charge in [0.1, 0.15) is 11.5 Å². The van der Waals surface area contributed by atoms with Crippen molar-refractivity contribution in [2.24, 2.45) is 11.8 Å². The molecule has 2 heterocycles. The van der Waals surface area contributed by atoms with E-state index >= 15 is 0 Å². The molecule has 1 aliphatic carbocycles. The van der Waals surface area contributed by atoms with Gasteiger partial charge in [0.2, 0.25) is 0 Å². The molecule has 42 heavy (non-hydrogen) atoms. The molecule has 3 fully saturated rings. The lowest BCUT2D eigenvalue weighted by Crippen LogP contribution is -2.51. The third-order valence-corrected chi connectivity index (χ3v) is 8.05. The van der Waals surface area contributed by atoms with Crippen molar-refractivity contribution in [1.82, 2.24) is 0 Å². The van der Waals surface area contributed by atoms with Gasteiger partial charge in [0, 0.05) is 37.0 Å². The van der Waals surface area contributed by atoms with Crippen LogP contribution in [0, 0.1) is 11.8 Å². The summed E-state index contributed by atoms with van der Waals surface area (Å²) >= 11 is 5.92. The van der Waals surface area contributed by atoms with Gasteiger partial charge in [0.25, 0.3) is 5.79 Å². The summed E-state index contributed by atoms with van der Waals surface area (Å²) in [5, 5.41) is 0.677. The maximum atomic E-state index is 13.1. The average molecular weight is 603 g/mol. The molecule has 0 amide bonds. The van der Waals surface area contributed by atoms with Crippen molar-refractivity contribution in [1.29, 1.82) is 0 Å². The summed E-state index contributed by atoms with van der Waals surface area (Å²) in [4.78, 5) is 25.7. The number of ketones is 1. The van der Waals surface area contributed by atoms with Crippen LogP contribution in [-0.2, 0) is 33.3 Å². The first kappa shape index (κ1) is 32.5. The van der Waals surface area contributed by atoms with Crippen LogP contribution in [0.25, 0.3) is 0 Å². The van der Waals surface area contributed by atoms with E-state index in [-0.39, 0.29) is 24.0 Å². The fraction of sp³-hybridized carbons (Fsp3) is 0.606. The van der Waals surface area contributed by atoms with Crippen LogP contribution in [0.4, 0.5) is 0 Å². The van der Waals surface area contributed by atoms with E-state index in [0.29, 0.717) is 50.5 Å². The summed E-state index contributed by atoms with van der Waals surface area (Å²) in [6, 6.07) is 7.29. The van der Waals surface area contributed by atoms with E-state index in [1.165, 1.54) is 7.11 Å². The van der Waals surface area contributed by atoms with Gasteiger partial charge in [-0.3, -0.25) is 4.79 Å². The molecular formula is C33H43ClO8. The van der Waals surface area contributed by atoms with Crippen molar-refractivity contribution in [2.45, 2.75) is 89.0 Å². The zero-order valence-electron chi connectivity index (χ0n) is 24.5. The molecule has 1 aromatic rings. The molecule has 0 radical (unpaired) electrons. The van der Waals surface area contributed by atoms with Crippen molar-refractivity contribution in [3.05, 3.63) is 59.3 Å². The van der Waals surface area contributed by atoms with E-state index in [2.05, 4.69) is 17.9 Å². The Labute approximate surface area is 254 Å². The van der Waals surface area contributed by atoms with E-state index in [1.54, 1.807) is 18.2 Å². The Hall–Kier alpha value is -2.45. The monoisotopic (exact) mass is 602 g/mol. The number of Topliss-reactive ketones (excluding diaryl/α,β-unsaturated/α-hetero) is 1. The van der Waals surface area contributed by atoms with E-state index in [4.69, 9.17) is 40.0 Å². The molecule has 1 aromatic carbocycles. The molecule has 0 aromatic heterocycles. The number of rotatable bonds is 14. The van der Waals surface area contributed by atoms with Crippen molar-refractivity contribution >= 4 is 23.4 Å². The molecule has 3 aliphatic rings. The normalized spacial score (nSPS) is 25.9. The quantitative estimate of drug-likeness (QED) is 0.0763. The fourth-order valence-corrected chi connectivity index (χ4v) is 5.61. The predicted octanol–water partition coefficient (Wildman–Crippen LogP) is 6.71. The smallest absolute Gasteiger partial charge is 0.367 e. The highest BCUT2D eigenvalue weighted by Crippen LogP contribution is 2.33. The van der Waals surface area contributed by atoms with Crippen molar-refractivity contribution in [3.8, 4) is 5.75 Å². The van der Waals surface area contributed by atoms with Gasteiger partial charge >= 0.3 is 5.97 Å². The number of ether oxygens (including phenoxy) is 6. The molecule has 230 valence electrons. The van der Waals surface area contributed by atoms with Crippen molar-refractivity contribution in [2.75, 3.05) is 26.9 Å². The van der Waals surface area contributed by atoms with Gasteiger partial charge < -0.3 is 28.4 Å². The van der Waals surface area contributed by atoms with Crippen LogP contribution in [0.3, 0.4) is 0 Å². The Bertz CT molecular complexity index is 1060. The first-order chi connectivity index (χ1) is 20.5. The lowest BCUT2D eigenvalue weighted by molar-refractivity contribution is -0.350. The Balaban J connectivity index is 1.34. The van der Waals surface area contributed by atoms with E-state index in [9.17, 15) is 9.59 Å². The molecule has 4 rings (SSSR count). The van der Waals surface area contributed by atoms with E-state index < -0.39 is 24.3 Å². The molecule has 9 heteroatoms. The van der Waals surface area contributed by atoms with Crippen LogP contribution < -0.4 is 4.74 Å². The summed E-state index contributed by atoms with van der Waals surface area (Å²) in [5.41, 5.74) is 3.16. The zero-order chi connectivity index (χ0) is 29.6. The summed E-state index contributed by atoms with van der Waals surface area (Å²) in [6.45, 7) is 1.69. The van der Waals surface area contributed by atoms with Gasteiger partial charge in [0.05, 0.1) is 13.7 Å². The molecule has 0 bridgehead atoms. The number of hydrogen-bond acceptors (Lipinski definition) is 8. The average Bonchev–Trinajstić information content (AvgIpc) is 3.36. The number of benzene rings is 1. The Morgan fingerprint density at radius 2 is 1.71 bits per heavy atom. The molecule has 0 spiro atoms. The molecule has 2 saturated heterocycles. The van der Waals surface area contributed by atoms with Gasteiger partial charge in [-0.2, -0.15) is 0 Å². The van der Waals surface area contributed by atoms with E-state index in [1.807, 2.05) is 18.2 Å². The fourth-order valence-electron chi connectivity index (χ4n) is 5.48. The summed E-state index contributed by atoms with van der Waals surface area (Å²) < 4.78 is 34.8. The SMILES string of the molecule is COC(=O)C(CC=C=CC[C@H]1C(=O)CC[C@@H]1/C=C/CCOc1ccc(Cl)cc1)(OC1CCCCO1)OC1CCCCO1. The maximum Gasteiger partial charge on any atom is 0.367 e. The largest absolute Gasteiger partial charge is 0.493 e. The minimum absolute atomic E-state index is 0.0749. The molecular weight excluding hydrogens is 560 g/mol. The van der Waals surface area contributed by atoms with Gasteiger partial charge in [-0.15, -0.1) is 5.73 Å². The molecule has 0 N–H and O–H groups in total. The number of carbonyl (C=O) groups is 2. The van der Waals surface area contributed by atoms with Crippen LogP contribution in [0.5, 0.6) is 5.75 Å². The highest BCUT2D eigenvalue weighted by molar-refractivity contribution is 6.30. The van der Waals surface area contributed by atoms with Crippen LogP contribution >= 0.6 is 11.6 Å². The van der Waals surface area contributed by atoms with Crippen LogP contribution in [0.15, 0.2) is 54.3 Å². The third kappa shape index (κ3) is 9.80. The minimum atomic E-state index is -1.71. The predicted molar refractivity (Wildman–Crippen MR) is 158 cm³/mol. The van der Waals surface area contributed by atoms with Crippen LogP contribution in [0.1, 0.15) is 70.6 Å². The maximum absolute atomic E-state index is 13.1. The van der Waals surface area contributed by atoms with Crippen molar-refractivity contribution in [3.63, 3.8) is 0 Å². The molecule has 1 saturated carbocycles. The molecule has 4 atom stereocenters. The summed E-state index contributed by atoms with van der Waals surface area (Å²) in [6.07, 6.45) is 14.6. The summed E-state index contributed by atoms with van der Waals surface area (Å²) in [5.74, 6) is -1.22. The number of esters is 1. The van der Waals surface area contributed by atoms with E-state index in [0.717, 1.165) is 44.3 Å². The van der Waals surface area contributed by atoms with Gasteiger partial charge in [-0.05, 0) is 100 Å². The van der Waals surface area contributed by atoms with Crippen molar-refractivity contribution < 1.29 is 38.0 Å². The molecule has 2 unspecified atom stereocenters. The number of carbonyl (C=O) groups excluding carboxylic acids is 2. The first-order valence-electron chi connectivity index (χ1n) is 15.1. The number of hydrogen-bond donors (Lipinski definition) is 0. The standard InChI is InChI=1S/C33H43ClO8/c1-37-32(36)33(41-30-13-5-9-23-39-30,42-31-14-6-10-24-40-31)21-7-2-3-12-28-25(15-20-29(28)35)11-4-8-22-38-27-18-16-26(34)17-19-27/h3-4,7,11,16-19,25,28,30-31H,5-6,8-10,12-15,20-24H2,1H3/b11-4+/t2?,25-,28+,30?,31?,33?/m0/s1. The minimum Gasteiger partial charge on any atom is -0.493 e. The second kappa shape index (κ2) is 17.0. The van der Waals surface area contributed by atoms with Crippen LogP contribution in [0.2, 0.25) is 5.02 Å². The zero-order valence-corrected chi connectivity index (χ0v) is 25.2. The summed E-state index contributed by atoms with van der Waals surface area (Å²) in [7, 11) is 1.32. The highest BCUT2D eigenvalue weighted by Gasteiger charge is 2.47. The molecule has 8 nitrogen and oxygen atoms in total. The number of allylic oxidation sites excluding steroid dienone is 1. The highest BCUT2D eigenvalue weighted by atomic mass is 35.5. The Morgan fingerprint density at radius 1 is 1.02 bits per heavy atom. The third-order valence-electron chi connectivity index (χ3n) is 7.80. The topological polar surface area (TPSA) is 89.5 Å². The first-order valence-corrected chi connectivity index (χ1v) is 15.5.